The summed E-state index contributed by atoms with van der Waals surface area (Å²) in [5.41, 5.74) is 1.49. The number of aromatic nitrogens is 2. The number of nitrogens with one attached hydrogen (secondary N) is 2. The Kier molecular flexibility index (Phi) is 6.27. The Hall–Kier alpha value is -1.92. The van der Waals surface area contributed by atoms with E-state index in [0.717, 1.165) is 75.9 Å². The van der Waals surface area contributed by atoms with Crippen molar-refractivity contribution in [3.05, 3.63) is 30.0 Å². The summed E-state index contributed by atoms with van der Waals surface area (Å²) in [6, 6.07) is 6.11. The summed E-state index contributed by atoms with van der Waals surface area (Å²) in [5, 5.41) is 12.5. The number of hydrogen-bond acceptors (Lipinski definition) is 4. The highest BCUT2D eigenvalue weighted by Gasteiger charge is 2.29. The molecule has 2 aliphatic rings. The molecule has 0 spiro atoms. The first kappa shape index (κ1) is 19.4. The highest BCUT2D eigenvalue weighted by molar-refractivity contribution is 6.05. The van der Waals surface area contributed by atoms with E-state index in [0.29, 0.717) is 17.4 Å². The summed E-state index contributed by atoms with van der Waals surface area (Å²) in [5.74, 6) is 1.20. The Balaban J connectivity index is 1.53. The number of aryl methyl sites for hydroxylation is 1. The number of nitrogens with zero attached hydrogens (tertiary/aromatic N) is 2. The summed E-state index contributed by atoms with van der Waals surface area (Å²) < 4.78 is 7.43. The Morgan fingerprint density at radius 3 is 2.82 bits per heavy atom. The van der Waals surface area contributed by atoms with Gasteiger partial charge in [-0.05, 0) is 70.0 Å². The van der Waals surface area contributed by atoms with Gasteiger partial charge in [0.15, 0.2) is 0 Å². The first-order chi connectivity index (χ1) is 13.7. The average Bonchev–Trinajstić information content (AvgIpc) is 3.18. The lowest BCUT2D eigenvalue weighted by Gasteiger charge is -2.34. The molecule has 6 heteroatoms. The molecule has 2 aromatic rings. The van der Waals surface area contributed by atoms with Crippen LogP contribution in [0.15, 0.2) is 24.4 Å². The maximum absolute atomic E-state index is 13.3. The third-order valence-corrected chi connectivity index (χ3v) is 6.35. The van der Waals surface area contributed by atoms with E-state index in [4.69, 9.17) is 4.74 Å². The van der Waals surface area contributed by atoms with Crippen LogP contribution in [0.5, 0.6) is 0 Å². The molecule has 6 nitrogen and oxygen atoms in total. The van der Waals surface area contributed by atoms with Crippen LogP contribution in [0.25, 0.3) is 10.9 Å². The van der Waals surface area contributed by atoms with Gasteiger partial charge in [0.1, 0.15) is 5.52 Å². The molecule has 1 aromatic heterocycles. The zero-order chi connectivity index (χ0) is 19.3. The number of rotatable bonds is 6. The molecule has 1 unspecified atom stereocenters. The summed E-state index contributed by atoms with van der Waals surface area (Å²) in [7, 11) is 0. The SMILES string of the molecule is CCn1cc2cccc(C(=O)NC(CC3CCOCC3)C3CCNCC3)c2n1. The summed E-state index contributed by atoms with van der Waals surface area (Å²) >= 11 is 0. The molecule has 0 radical (unpaired) electrons. The lowest BCUT2D eigenvalue weighted by Crippen LogP contribution is -2.45. The lowest BCUT2D eigenvalue weighted by molar-refractivity contribution is 0.0556. The molecule has 2 aliphatic heterocycles. The third kappa shape index (κ3) is 4.39. The van der Waals surface area contributed by atoms with Gasteiger partial charge in [-0.1, -0.05) is 12.1 Å². The van der Waals surface area contributed by atoms with Gasteiger partial charge in [-0.2, -0.15) is 5.10 Å². The average molecular weight is 385 g/mol. The van der Waals surface area contributed by atoms with E-state index >= 15 is 0 Å². The number of hydrogen-bond donors (Lipinski definition) is 2. The Morgan fingerprint density at radius 2 is 2.07 bits per heavy atom. The van der Waals surface area contributed by atoms with Gasteiger partial charge >= 0.3 is 0 Å². The summed E-state index contributed by atoms with van der Waals surface area (Å²) in [4.78, 5) is 13.3. The van der Waals surface area contributed by atoms with Crippen LogP contribution in [0.2, 0.25) is 0 Å². The first-order valence-electron chi connectivity index (χ1n) is 10.8. The highest BCUT2D eigenvalue weighted by atomic mass is 16.5. The van der Waals surface area contributed by atoms with Crippen LogP contribution in [0.1, 0.15) is 49.4 Å². The van der Waals surface area contributed by atoms with Crippen LogP contribution in [-0.4, -0.2) is 48.0 Å². The zero-order valence-electron chi connectivity index (χ0n) is 16.8. The Bertz CT molecular complexity index is 791. The molecule has 1 amide bonds. The monoisotopic (exact) mass is 384 g/mol. The van der Waals surface area contributed by atoms with Crippen molar-refractivity contribution in [1.82, 2.24) is 20.4 Å². The van der Waals surface area contributed by atoms with Gasteiger partial charge in [0, 0.05) is 37.4 Å². The van der Waals surface area contributed by atoms with E-state index in [2.05, 4.69) is 22.7 Å². The topological polar surface area (TPSA) is 68.2 Å². The summed E-state index contributed by atoms with van der Waals surface area (Å²) in [6.45, 7) is 6.66. The van der Waals surface area contributed by atoms with E-state index in [-0.39, 0.29) is 11.9 Å². The number of amides is 1. The molecular formula is C22H32N4O2. The number of carbonyl (C=O) groups excluding carboxylic acids is 1. The summed E-state index contributed by atoms with van der Waals surface area (Å²) in [6.07, 6.45) is 7.53. The van der Waals surface area contributed by atoms with Crippen LogP contribution in [-0.2, 0) is 11.3 Å². The minimum absolute atomic E-state index is 0.0162. The molecule has 3 heterocycles. The molecular weight excluding hydrogens is 352 g/mol. The zero-order valence-corrected chi connectivity index (χ0v) is 16.8. The standard InChI is InChI=1S/C22H32N4O2/c1-2-26-15-18-4-3-5-19(21(18)25-26)22(27)24-20(17-6-10-23-11-7-17)14-16-8-12-28-13-9-16/h3-5,15-17,20,23H,2,6-14H2,1H3,(H,24,27). The minimum Gasteiger partial charge on any atom is -0.381 e. The number of ether oxygens (including phenoxy) is 1. The number of piperidine rings is 1. The number of carbonyl (C=O) groups is 1. The molecule has 1 aromatic carbocycles. The molecule has 152 valence electrons. The molecule has 2 fully saturated rings. The smallest absolute Gasteiger partial charge is 0.253 e. The Labute approximate surface area is 167 Å². The second kappa shape index (κ2) is 9.05. The van der Waals surface area contributed by atoms with E-state index < -0.39 is 0 Å². The lowest BCUT2D eigenvalue weighted by atomic mass is 9.82. The van der Waals surface area contributed by atoms with Crippen molar-refractivity contribution in [2.75, 3.05) is 26.3 Å². The van der Waals surface area contributed by atoms with Crippen molar-refractivity contribution < 1.29 is 9.53 Å². The van der Waals surface area contributed by atoms with Gasteiger partial charge < -0.3 is 15.4 Å². The fraction of sp³-hybridized carbons (Fsp3) is 0.636. The molecule has 2 saturated heterocycles. The van der Waals surface area contributed by atoms with Gasteiger partial charge in [0.2, 0.25) is 0 Å². The molecule has 0 aliphatic carbocycles. The number of fused-ring (bicyclic) bond motifs is 1. The van der Waals surface area contributed by atoms with Gasteiger partial charge in [0.05, 0.1) is 5.56 Å². The Morgan fingerprint density at radius 1 is 1.29 bits per heavy atom. The fourth-order valence-corrected chi connectivity index (χ4v) is 4.64. The van der Waals surface area contributed by atoms with E-state index in [1.165, 1.54) is 0 Å². The van der Waals surface area contributed by atoms with Crippen molar-refractivity contribution in [3.8, 4) is 0 Å². The molecule has 28 heavy (non-hydrogen) atoms. The molecule has 4 rings (SSSR count). The van der Waals surface area contributed by atoms with Gasteiger partial charge in [-0.25, -0.2) is 0 Å². The van der Waals surface area contributed by atoms with Crippen LogP contribution in [0.4, 0.5) is 0 Å². The van der Waals surface area contributed by atoms with Crippen LogP contribution < -0.4 is 10.6 Å². The van der Waals surface area contributed by atoms with Crippen molar-refractivity contribution in [2.45, 2.75) is 51.6 Å². The van der Waals surface area contributed by atoms with Crippen molar-refractivity contribution in [3.63, 3.8) is 0 Å². The van der Waals surface area contributed by atoms with Gasteiger partial charge in [-0.3, -0.25) is 9.48 Å². The van der Waals surface area contributed by atoms with E-state index in [1.807, 2.05) is 29.1 Å². The number of benzene rings is 1. The molecule has 2 N–H and O–H groups in total. The fourth-order valence-electron chi connectivity index (χ4n) is 4.64. The van der Waals surface area contributed by atoms with E-state index in [9.17, 15) is 4.79 Å². The van der Waals surface area contributed by atoms with Crippen molar-refractivity contribution >= 4 is 16.8 Å². The molecule has 0 bridgehead atoms. The quantitative estimate of drug-likeness (QED) is 0.803. The highest BCUT2D eigenvalue weighted by Crippen LogP contribution is 2.27. The molecule has 1 atom stereocenters. The van der Waals surface area contributed by atoms with Crippen LogP contribution in [0.3, 0.4) is 0 Å². The third-order valence-electron chi connectivity index (χ3n) is 6.35. The second-order valence-electron chi connectivity index (χ2n) is 8.19. The maximum Gasteiger partial charge on any atom is 0.253 e. The van der Waals surface area contributed by atoms with Gasteiger partial charge in [-0.15, -0.1) is 0 Å². The first-order valence-corrected chi connectivity index (χ1v) is 10.8. The predicted molar refractivity (Wildman–Crippen MR) is 110 cm³/mol. The van der Waals surface area contributed by atoms with E-state index in [1.54, 1.807) is 0 Å². The van der Waals surface area contributed by atoms with Gasteiger partial charge in [0.25, 0.3) is 5.91 Å². The second-order valence-corrected chi connectivity index (χ2v) is 8.19. The molecule has 0 saturated carbocycles. The maximum atomic E-state index is 13.3. The van der Waals surface area contributed by atoms with Crippen molar-refractivity contribution in [1.29, 1.82) is 0 Å². The van der Waals surface area contributed by atoms with Crippen LogP contribution >= 0.6 is 0 Å². The van der Waals surface area contributed by atoms with Crippen LogP contribution in [0, 0.1) is 11.8 Å². The minimum atomic E-state index is 0.0162. The predicted octanol–water partition coefficient (Wildman–Crippen LogP) is 2.97. The largest absolute Gasteiger partial charge is 0.381 e. The normalized spacial score (nSPS) is 20.3. The van der Waals surface area contributed by atoms with Crippen molar-refractivity contribution in [2.24, 2.45) is 11.8 Å².